The highest BCUT2D eigenvalue weighted by atomic mass is 16.5. The van der Waals surface area contributed by atoms with Crippen LogP contribution in [0.4, 0.5) is 10.5 Å². The lowest BCUT2D eigenvalue weighted by atomic mass is 10.2. The number of carbonyl (C=O) groups excluding carboxylic acids is 1. The minimum Gasteiger partial charge on any atom is -0.380 e. The predicted molar refractivity (Wildman–Crippen MR) is 87.2 cm³/mol. The van der Waals surface area contributed by atoms with E-state index in [1.54, 1.807) is 7.11 Å². The normalized spacial score (nSPS) is 16.5. The van der Waals surface area contributed by atoms with E-state index in [-0.39, 0.29) is 12.1 Å². The van der Waals surface area contributed by atoms with Gasteiger partial charge in [-0.25, -0.2) is 4.79 Å². The number of nitrogens with zero attached hydrogens (tertiary/aromatic N) is 3. The molecule has 122 valence electrons. The molecule has 2 rings (SSSR count). The predicted octanol–water partition coefficient (Wildman–Crippen LogP) is 1.65. The number of pyridine rings is 1. The van der Waals surface area contributed by atoms with E-state index < -0.39 is 0 Å². The molecule has 0 aliphatic carbocycles. The van der Waals surface area contributed by atoms with Crippen molar-refractivity contribution in [3.05, 3.63) is 24.0 Å². The molecule has 1 unspecified atom stereocenters. The molecule has 1 aliphatic rings. The van der Waals surface area contributed by atoms with E-state index in [0.717, 1.165) is 32.6 Å². The van der Waals surface area contributed by atoms with Crippen LogP contribution in [0.25, 0.3) is 0 Å². The quantitative estimate of drug-likeness (QED) is 0.898. The highest BCUT2D eigenvalue weighted by Crippen LogP contribution is 2.19. The Labute approximate surface area is 132 Å². The number of nitrogens with one attached hydrogen (secondary N) is 1. The van der Waals surface area contributed by atoms with E-state index in [0.29, 0.717) is 6.54 Å². The van der Waals surface area contributed by atoms with Gasteiger partial charge in [0.05, 0.1) is 6.10 Å². The molecule has 1 fully saturated rings. The van der Waals surface area contributed by atoms with Gasteiger partial charge in [-0.2, -0.15) is 0 Å². The number of urea groups is 1. The van der Waals surface area contributed by atoms with Gasteiger partial charge in [0.2, 0.25) is 0 Å². The summed E-state index contributed by atoms with van der Waals surface area (Å²) in [4.78, 5) is 20.5. The molecule has 1 aromatic heterocycles. The summed E-state index contributed by atoms with van der Waals surface area (Å²) in [6, 6.07) is 2.04. The van der Waals surface area contributed by atoms with Crippen molar-refractivity contribution in [1.29, 1.82) is 0 Å². The Kier molecular flexibility index (Phi) is 6.00. The van der Waals surface area contributed by atoms with Gasteiger partial charge in [0.25, 0.3) is 0 Å². The van der Waals surface area contributed by atoms with Crippen LogP contribution in [0.5, 0.6) is 0 Å². The molecule has 0 saturated carbocycles. The first-order valence-electron chi connectivity index (χ1n) is 7.86. The lowest BCUT2D eigenvalue weighted by Crippen LogP contribution is -2.52. The van der Waals surface area contributed by atoms with E-state index in [4.69, 9.17) is 4.74 Å². The van der Waals surface area contributed by atoms with Gasteiger partial charge in [-0.15, -0.1) is 0 Å². The number of carbonyl (C=O) groups is 1. The van der Waals surface area contributed by atoms with Gasteiger partial charge in [-0.3, -0.25) is 4.98 Å². The molecule has 0 radical (unpaired) electrons. The molecular weight excluding hydrogens is 280 g/mol. The van der Waals surface area contributed by atoms with Gasteiger partial charge in [0.15, 0.2) is 0 Å². The lowest BCUT2D eigenvalue weighted by molar-refractivity contribution is 0.0977. The number of rotatable bonds is 5. The van der Waals surface area contributed by atoms with Crippen LogP contribution in [-0.2, 0) is 4.74 Å². The van der Waals surface area contributed by atoms with Crippen LogP contribution in [0, 0.1) is 6.92 Å². The molecule has 0 bridgehead atoms. The molecule has 6 nitrogen and oxygen atoms in total. The SMILES string of the molecule is CCC(CNC(=O)N1CCN(c2ccncc2C)CC1)OC. The average Bonchev–Trinajstić information content (AvgIpc) is 2.56. The van der Waals surface area contributed by atoms with E-state index >= 15 is 0 Å². The van der Waals surface area contributed by atoms with Crippen LogP contribution < -0.4 is 10.2 Å². The van der Waals surface area contributed by atoms with Gasteiger partial charge in [-0.1, -0.05) is 6.92 Å². The fourth-order valence-electron chi connectivity index (χ4n) is 2.68. The Balaban J connectivity index is 1.82. The molecule has 22 heavy (non-hydrogen) atoms. The first kappa shape index (κ1) is 16.5. The lowest BCUT2D eigenvalue weighted by Gasteiger charge is -2.36. The number of amides is 2. The zero-order chi connectivity index (χ0) is 15.9. The molecule has 2 heterocycles. The standard InChI is InChI=1S/C16H26N4O2/c1-4-14(22-3)12-18-16(21)20-9-7-19(8-10-20)15-5-6-17-11-13(15)2/h5-6,11,14H,4,7-10,12H2,1-3H3,(H,18,21). The van der Waals surface area contributed by atoms with Crippen molar-refractivity contribution in [3.8, 4) is 0 Å². The molecule has 1 N–H and O–H groups in total. The van der Waals surface area contributed by atoms with Crippen molar-refractivity contribution < 1.29 is 9.53 Å². The average molecular weight is 306 g/mol. The molecule has 0 aromatic carbocycles. The number of aryl methyl sites for hydroxylation is 1. The number of methoxy groups -OCH3 is 1. The maximum absolute atomic E-state index is 12.2. The molecular formula is C16H26N4O2. The van der Waals surface area contributed by atoms with E-state index in [1.165, 1.54) is 11.3 Å². The van der Waals surface area contributed by atoms with Crippen LogP contribution in [0.1, 0.15) is 18.9 Å². The monoisotopic (exact) mass is 306 g/mol. The Morgan fingerprint density at radius 3 is 2.73 bits per heavy atom. The van der Waals surface area contributed by atoms with Crippen molar-refractivity contribution in [2.75, 3.05) is 44.7 Å². The third-order valence-corrected chi connectivity index (χ3v) is 4.17. The second kappa shape index (κ2) is 7.98. The molecule has 2 amide bonds. The second-order valence-corrected chi connectivity index (χ2v) is 5.59. The van der Waals surface area contributed by atoms with Crippen LogP contribution in [0.15, 0.2) is 18.5 Å². The second-order valence-electron chi connectivity index (χ2n) is 5.59. The number of hydrogen-bond acceptors (Lipinski definition) is 4. The summed E-state index contributed by atoms with van der Waals surface area (Å²) in [6.07, 6.45) is 4.68. The first-order chi connectivity index (χ1) is 10.7. The topological polar surface area (TPSA) is 57.7 Å². The van der Waals surface area contributed by atoms with Crippen molar-refractivity contribution in [1.82, 2.24) is 15.2 Å². The minimum atomic E-state index is 0.00148. The van der Waals surface area contributed by atoms with Crippen molar-refractivity contribution in [3.63, 3.8) is 0 Å². The summed E-state index contributed by atoms with van der Waals surface area (Å²) in [5, 5.41) is 2.95. The zero-order valence-electron chi connectivity index (χ0n) is 13.7. The maximum atomic E-state index is 12.2. The maximum Gasteiger partial charge on any atom is 0.317 e. The molecule has 1 aliphatic heterocycles. The molecule has 1 saturated heterocycles. The fourth-order valence-corrected chi connectivity index (χ4v) is 2.68. The summed E-state index contributed by atoms with van der Waals surface area (Å²) in [7, 11) is 1.68. The number of hydrogen-bond donors (Lipinski definition) is 1. The van der Waals surface area contributed by atoms with Crippen LogP contribution in [0.3, 0.4) is 0 Å². The number of ether oxygens (including phenoxy) is 1. The van der Waals surface area contributed by atoms with Crippen LogP contribution in [0.2, 0.25) is 0 Å². The Morgan fingerprint density at radius 2 is 2.14 bits per heavy atom. The van der Waals surface area contributed by atoms with Gasteiger partial charge in [0.1, 0.15) is 0 Å². The fraction of sp³-hybridized carbons (Fsp3) is 0.625. The third-order valence-electron chi connectivity index (χ3n) is 4.17. The van der Waals surface area contributed by atoms with E-state index in [9.17, 15) is 4.79 Å². The van der Waals surface area contributed by atoms with Gasteiger partial charge < -0.3 is 19.9 Å². The van der Waals surface area contributed by atoms with E-state index in [2.05, 4.69) is 29.0 Å². The summed E-state index contributed by atoms with van der Waals surface area (Å²) < 4.78 is 5.28. The third kappa shape index (κ3) is 4.10. The number of anilines is 1. The van der Waals surface area contributed by atoms with Crippen LogP contribution >= 0.6 is 0 Å². The Bertz CT molecular complexity index is 483. The highest BCUT2D eigenvalue weighted by molar-refractivity contribution is 5.74. The largest absolute Gasteiger partial charge is 0.380 e. The smallest absolute Gasteiger partial charge is 0.317 e. The van der Waals surface area contributed by atoms with Crippen molar-refractivity contribution in [2.45, 2.75) is 26.4 Å². The first-order valence-corrected chi connectivity index (χ1v) is 7.86. The summed E-state index contributed by atoms with van der Waals surface area (Å²) >= 11 is 0. The number of piperazine rings is 1. The van der Waals surface area contributed by atoms with E-state index in [1.807, 2.05) is 23.4 Å². The summed E-state index contributed by atoms with van der Waals surface area (Å²) in [6.45, 7) is 7.84. The molecule has 6 heteroatoms. The minimum absolute atomic E-state index is 0.00148. The zero-order valence-corrected chi connectivity index (χ0v) is 13.7. The van der Waals surface area contributed by atoms with Gasteiger partial charge >= 0.3 is 6.03 Å². The van der Waals surface area contributed by atoms with Gasteiger partial charge in [-0.05, 0) is 25.0 Å². The highest BCUT2D eigenvalue weighted by Gasteiger charge is 2.22. The van der Waals surface area contributed by atoms with Crippen LogP contribution in [-0.4, -0.2) is 61.9 Å². The molecule has 1 aromatic rings. The van der Waals surface area contributed by atoms with Gasteiger partial charge in [0, 0.05) is 57.9 Å². The summed E-state index contributed by atoms with van der Waals surface area (Å²) in [5.41, 5.74) is 2.38. The number of aromatic nitrogens is 1. The molecule has 0 spiro atoms. The molecule has 1 atom stereocenters. The van der Waals surface area contributed by atoms with Crippen molar-refractivity contribution in [2.24, 2.45) is 0 Å². The van der Waals surface area contributed by atoms with Crippen molar-refractivity contribution >= 4 is 11.7 Å². The Morgan fingerprint density at radius 1 is 1.41 bits per heavy atom. The Hall–Kier alpha value is -1.82. The summed E-state index contributed by atoms with van der Waals surface area (Å²) in [5.74, 6) is 0.